The molecule has 2 fully saturated rings. The van der Waals surface area contributed by atoms with E-state index in [-0.39, 0.29) is 23.9 Å². The zero-order valence-corrected chi connectivity index (χ0v) is 17.3. The van der Waals surface area contributed by atoms with Gasteiger partial charge < -0.3 is 9.64 Å². The molecule has 1 aliphatic heterocycles. The van der Waals surface area contributed by atoms with Crippen molar-refractivity contribution in [2.75, 3.05) is 13.2 Å². The Morgan fingerprint density at radius 2 is 2.04 bits per heavy atom. The van der Waals surface area contributed by atoms with E-state index in [4.69, 9.17) is 4.74 Å². The molecular weight excluding hydrogens is 396 g/mol. The van der Waals surface area contributed by atoms with Gasteiger partial charge in [0.1, 0.15) is 9.96 Å². The lowest BCUT2D eigenvalue weighted by Gasteiger charge is -2.32. The Hall–Kier alpha value is -1.90. The van der Waals surface area contributed by atoms with Crippen molar-refractivity contribution in [3.8, 4) is 5.75 Å². The number of benzene rings is 1. The quantitative estimate of drug-likeness (QED) is 0.747. The maximum atomic E-state index is 12.8. The smallest absolute Gasteiger partial charge is 0.250 e. The Morgan fingerprint density at radius 1 is 1.25 bits per heavy atom. The van der Waals surface area contributed by atoms with Crippen molar-refractivity contribution in [1.29, 1.82) is 0 Å². The van der Waals surface area contributed by atoms with Crippen LogP contribution in [-0.4, -0.2) is 44.5 Å². The van der Waals surface area contributed by atoms with Crippen molar-refractivity contribution in [2.45, 2.75) is 42.5 Å². The molecule has 2 aliphatic rings. The van der Waals surface area contributed by atoms with Gasteiger partial charge in [-0.2, -0.15) is 0 Å². The highest BCUT2D eigenvalue weighted by Gasteiger charge is 2.47. The molecule has 6 nitrogen and oxygen atoms in total. The number of carbonyl (C=O) groups excluding carboxylic acids is 1. The second kappa shape index (κ2) is 7.85. The molecule has 1 amide bonds. The molecule has 0 radical (unpaired) electrons. The summed E-state index contributed by atoms with van der Waals surface area (Å²) in [6.45, 7) is 3.18. The molecule has 1 saturated carbocycles. The number of hydrogen-bond acceptors (Lipinski definition) is 5. The van der Waals surface area contributed by atoms with Crippen molar-refractivity contribution in [3.63, 3.8) is 0 Å². The van der Waals surface area contributed by atoms with Gasteiger partial charge in [-0.3, -0.25) is 4.79 Å². The van der Waals surface area contributed by atoms with Crippen molar-refractivity contribution < 1.29 is 17.9 Å². The normalized spacial score (nSPS) is 23.9. The van der Waals surface area contributed by atoms with E-state index in [2.05, 4.69) is 4.72 Å². The first-order valence-corrected chi connectivity index (χ1v) is 11.9. The van der Waals surface area contributed by atoms with Crippen LogP contribution in [0.1, 0.15) is 25.3 Å². The molecule has 3 unspecified atom stereocenters. The molecule has 28 heavy (non-hydrogen) atoms. The zero-order valence-electron chi connectivity index (χ0n) is 15.7. The van der Waals surface area contributed by atoms with Crippen molar-refractivity contribution in [1.82, 2.24) is 9.62 Å². The Bertz CT molecular complexity index is 926. The van der Waals surface area contributed by atoms with Crippen molar-refractivity contribution in [2.24, 2.45) is 5.92 Å². The fourth-order valence-electron chi connectivity index (χ4n) is 4.22. The Morgan fingerprint density at radius 3 is 2.64 bits per heavy atom. The molecule has 1 aromatic heterocycles. The predicted octanol–water partition coefficient (Wildman–Crippen LogP) is 2.66. The maximum Gasteiger partial charge on any atom is 0.250 e. The minimum atomic E-state index is -3.46. The number of likely N-dealkylation sites (tertiary alicyclic amines) is 1. The van der Waals surface area contributed by atoms with Crippen LogP contribution < -0.4 is 9.46 Å². The molecule has 1 aromatic carbocycles. The van der Waals surface area contributed by atoms with Gasteiger partial charge >= 0.3 is 0 Å². The van der Waals surface area contributed by atoms with Crippen LogP contribution in [0, 0.1) is 5.92 Å². The molecule has 1 saturated heterocycles. The standard InChI is InChI=1S/C20H24N2O4S2/c1-2-26-17-7-5-14(6-8-17)10-19(23)22-13-15-11-16(22)12-18(15)21-28(24,25)20-4-3-9-27-20/h3-9,15-16,18,21H,2,10-13H2,1H3. The number of rotatable bonds is 7. The van der Waals surface area contributed by atoms with Crippen LogP contribution in [0.4, 0.5) is 0 Å². The number of ether oxygens (including phenoxy) is 1. The number of nitrogens with zero attached hydrogens (tertiary/aromatic N) is 1. The van der Waals surface area contributed by atoms with Gasteiger partial charge in [-0.05, 0) is 54.8 Å². The van der Waals surface area contributed by atoms with Gasteiger partial charge in [0.05, 0.1) is 13.0 Å². The monoisotopic (exact) mass is 420 g/mol. The summed E-state index contributed by atoms with van der Waals surface area (Å²) in [5.74, 6) is 1.10. The summed E-state index contributed by atoms with van der Waals surface area (Å²) in [4.78, 5) is 14.7. The van der Waals surface area contributed by atoms with Gasteiger partial charge in [0.2, 0.25) is 15.9 Å². The van der Waals surface area contributed by atoms with E-state index >= 15 is 0 Å². The van der Waals surface area contributed by atoms with Crippen molar-refractivity contribution >= 4 is 27.3 Å². The van der Waals surface area contributed by atoms with Crippen LogP contribution in [-0.2, 0) is 21.2 Å². The average Bonchev–Trinajstić information content (AvgIpc) is 3.40. The summed E-state index contributed by atoms with van der Waals surface area (Å²) in [5, 5.41) is 1.76. The minimum Gasteiger partial charge on any atom is -0.494 e. The highest BCUT2D eigenvalue weighted by Crippen LogP contribution is 2.39. The van der Waals surface area contributed by atoms with E-state index in [1.807, 2.05) is 36.1 Å². The number of carbonyl (C=O) groups is 1. The van der Waals surface area contributed by atoms with Gasteiger partial charge in [-0.1, -0.05) is 18.2 Å². The van der Waals surface area contributed by atoms with E-state index in [1.54, 1.807) is 17.5 Å². The van der Waals surface area contributed by atoms with Gasteiger partial charge in [-0.25, -0.2) is 13.1 Å². The first-order valence-electron chi connectivity index (χ1n) is 9.53. The molecule has 8 heteroatoms. The van der Waals surface area contributed by atoms with Crippen molar-refractivity contribution in [3.05, 3.63) is 47.3 Å². The second-order valence-corrected chi connectivity index (χ2v) is 10.2. The summed E-state index contributed by atoms with van der Waals surface area (Å²) < 4.78 is 33.6. The molecule has 1 aliphatic carbocycles. The second-order valence-electron chi connectivity index (χ2n) is 7.35. The molecule has 2 aromatic rings. The number of thiophene rings is 1. The topological polar surface area (TPSA) is 75.7 Å². The lowest BCUT2D eigenvalue weighted by molar-refractivity contribution is -0.132. The van der Waals surface area contributed by atoms with Gasteiger partial charge in [0.15, 0.2) is 0 Å². The molecule has 2 bridgehead atoms. The fourth-order valence-corrected chi connectivity index (χ4v) is 6.55. The number of amides is 1. The SMILES string of the molecule is CCOc1ccc(CC(=O)N2CC3CC2CC3NS(=O)(=O)c2cccs2)cc1. The van der Waals surface area contributed by atoms with Crippen LogP contribution in [0.5, 0.6) is 5.75 Å². The number of fused-ring (bicyclic) bond motifs is 2. The first-order chi connectivity index (χ1) is 13.5. The first kappa shape index (κ1) is 19.4. The number of piperidine rings is 1. The molecule has 3 atom stereocenters. The van der Waals surface area contributed by atoms with Gasteiger partial charge in [0.25, 0.3) is 0 Å². The van der Waals surface area contributed by atoms with Crippen LogP contribution >= 0.6 is 11.3 Å². The zero-order chi connectivity index (χ0) is 19.7. The van der Waals surface area contributed by atoms with E-state index in [9.17, 15) is 13.2 Å². The van der Waals surface area contributed by atoms with E-state index < -0.39 is 10.0 Å². The lowest BCUT2D eigenvalue weighted by atomic mass is 10.0. The highest BCUT2D eigenvalue weighted by molar-refractivity contribution is 7.91. The van der Waals surface area contributed by atoms with Crippen LogP contribution in [0.25, 0.3) is 0 Å². The van der Waals surface area contributed by atoms with Crippen LogP contribution in [0.15, 0.2) is 46.0 Å². The summed E-state index contributed by atoms with van der Waals surface area (Å²) in [5.41, 5.74) is 0.964. The number of sulfonamides is 1. The molecule has 2 heterocycles. The number of nitrogens with one attached hydrogen (secondary N) is 1. The minimum absolute atomic E-state index is 0.0911. The third-order valence-corrected chi connectivity index (χ3v) is 8.41. The lowest BCUT2D eigenvalue weighted by Crippen LogP contribution is -2.47. The molecule has 1 N–H and O–H groups in total. The average molecular weight is 421 g/mol. The van der Waals surface area contributed by atoms with E-state index in [0.29, 0.717) is 30.2 Å². The summed E-state index contributed by atoms with van der Waals surface area (Å²) in [6.07, 6.45) is 1.91. The van der Waals surface area contributed by atoms with Crippen LogP contribution in [0.2, 0.25) is 0 Å². The Labute approximate surface area is 169 Å². The third kappa shape index (κ3) is 3.94. The summed E-state index contributed by atoms with van der Waals surface area (Å²) in [7, 11) is -3.46. The Balaban J connectivity index is 1.34. The van der Waals surface area contributed by atoms with Crippen LogP contribution in [0.3, 0.4) is 0 Å². The third-order valence-electron chi connectivity index (χ3n) is 5.52. The van der Waals surface area contributed by atoms with Gasteiger partial charge in [-0.15, -0.1) is 11.3 Å². The molecule has 150 valence electrons. The van der Waals surface area contributed by atoms with E-state index in [0.717, 1.165) is 17.7 Å². The molecule has 4 rings (SSSR count). The number of hydrogen-bond donors (Lipinski definition) is 1. The maximum absolute atomic E-state index is 12.8. The summed E-state index contributed by atoms with van der Waals surface area (Å²) >= 11 is 1.22. The van der Waals surface area contributed by atoms with Gasteiger partial charge in [0, 0.05) is 18.6 Å². The largest absolute Gasteiger partial charge is 0.494 e. The van der Waals surface area contributed by atoms with E-state index in [1.165, 1.54) is 11.3 Å². The predicted molar refractivity (Wildman–Crippen MR) is 108 cm³/mol. The fraction of sp³-hybridized carbons (Fsp3) is 0.450. The Kier molecular flexibility index (Phi) is 5.44. The highest BCUT2D eigenvalue weighted by atomic mass is 32.2. The molecular formula is C20H24N2O4S2. The summed E-state index contributed by atoms with van der Waals surface area (Å²) in [6, 6.07) is 11.0. The molecule has 0 spiro atoms.